The van der Waals surface area contributed by atoms with Crippen LogP contribution in [0.5, 0.6) is 5.75 Å². The number of furan rings is 1. The zero-order chi connectivity index (χ0) is 23.1. The average molecular weight is 445 g/mol. The molecule has 33 heavy (non-hydrogen) atoms. The quantitative estimate of drug-likeness (QED) is 0.373. The number of pyridine rings is 1. The number of aromatic nitrogens is 1. The lowest BCUT2D eigenvalue weighted by molar-refractivity contribution is -0.140. The van der Waals surface area contributed by atoms with Gasteiger partial charge in [-0.2, -0.15) is 0 Å². The molecule has 1 unspecified atom stereocenters. The fourth-order valence-corrected chi connectivity index (χ4v) is 4.28. The number of nitrogens with zero attached hydrogens (tertiary/aromatic N) is 3. The number of carbonyl (C=O) groups is 2. The number of hydrogen-bond acceptors (Lipinski definition) is 7. The van der Waals surface area contributed by atoms with Crippen molar-refractivity contribution in [1.82, 2.24) is 9.88 Å². The van der Waals surface area contributed by atoms with Gasteiger partial charge in [-0.05, 0) is 48.9 Å². The summed E-state index contributed by atoms with van der Waals surface area (Å²) in [5, 5.41) is 11.3. The van der Waals surface area contributed by atoms with Crippen LogP contribution < -0.4 is 9.64 Å². The number of carbonyl (C=O) groups excluding carboxylic acids is 2. The molecule has 0 spiro atoms. The van der Waals surface area contributed by atoms with Crippen LogP contribution in [0.2, 0.25) is 0 Å². The van der Waals surface area contributed by atoms with Crippen molar-refractivity contribution in [2.45, 2.75) is 19.5 Å². The number of likely N-dealkylation sites (tertiary alicyclic amines) is 1. The van der Waals surface area contributed by atoms with Crippen LogP contribution in [0, 0.1) is 6.92 Å². The Kier molecular flexibility index (Phi) is 5.12. The lowest BCUT2D eigenvalue weighted by Crippen LogP contribution is -2.29. The van der Waals surface area contributed by atoms with Crippen molar-refractivity contribution in [1.29, 1.82) is 0 Å². The third-order valence-electron chi connectivity index (χ3n) is 5.97. The predicted molar refractivity (Wildman–Crippen MR) is 121 cm³/mol. The van der Waals surface area contributed by atoms with E-state index in [0.717, 1.165) is 11.3 Å². The molecule has 2 aliphatic rings. The zero-order valence-corrected chi connectivity index (χ0v) is 18.3. The first-order chi connectivity index (χ1) is 15.9. The van der Waals surface area contributed by atoms with Crippen LogP contribution in [-0.4, -0.2) is 46.9 Å². The number of likely N-dealkylation sites (N-methyl/N-ethyl adjacent to an activating group) is 1. The standard InChI is InChI=1S/C25H23N3O5/c1-15-5-7-20(33-15)22-21(24(30)25(31)28(22)14-16-4-3-9-26-13-16)23(29)17-6-8-19-18(12-17)27(2)10-11-32-19/h3-9,12-13,22,29H,10-11,14H2,1-2H3/b23-21-. The Morgan fingerprint density at radius 3 is 2.79 bits per heavy atom. The van der Waals surface area contributed by atoms with Crippen molar-refractivity contribution in [3.8, 4) is 5.75 Å². The summed E-state index contributed by atoms with van der Waals surface area (Å²) in [6, 6.07) is 11.4. The Bertz CT molecular complexity index is 1260. The minimum absolute atomic E-state index is 0.00225. The van der Waals surface area contributed by atoms with E-state index in [9.17, 15) is 14.7 Å². The van der Waals surface area contributed by atoms with E-state index in [-0.39, 0.29) is 17.9 Å². The Labute approximate surface area is 190 Å². The van der Waals surface area contributed by atoms with E-state index in [4.69, 9.17) is 9.15 Å². The highest BCUT2D eigenvalue weighted by Crippen LogP contribution is 2.42. The van der Waals surface area contributed by atoms with E-state index < -0.39 is 17.7 Å². The maximum absolute atomic E-state index is 13.2. The molecule has 5 rings (SSSR count). The molecule has 1 fully saturated rings. The summed E-state index contributed by atoms with van der Waals surface area (Å²) in [7, 11) is 1.93. The molecule has 8 nitrogen and oxygen atoms in total. The molecular formula is C25H23N3O5. The number of hydrogen-bond donors (Lipinski definition) is 1. The highest BCUT2D eigenvalue weighted by Gasteiger charge is 2.47. The fraction of sp³-hybridized carbons (Fsp3) is 0.240. The summed E-state index contributed by atoms with van der Waals surface area (Å²) in [5.74, 6) is 0.0640. The maximum atomic E-state index is 13.2. The van der Waals surface area contributed by atoms with E-state index in [0.29, 0.717) is 36.0 Å². The molecule has 1 atom stereocenters. The second-order valence-corrected chi connectivity index (χ2v) is 8.19. The van der Waals surface area contributed by atoms with Gasteiger partial charge in [-0.15, -0.1) is 0 Å². The number of ether oxygens (including phenoxy) is 1. The minimum Gasteiger partial charge on any atom is -0.507 e. The molecular weight excluding hydrogens is 422 g/mol. The van der Waals surface area contributed by atoms with Crippen molar-refractivity contribution in [2.75, 3.05) is 25.1 Å². The van der Waals surface area contributed by atoms with Gasteiger partial charge < -0.3 is 24.1 Å². The number of ketones is 1. The summed E-state index contributed by atoms with van der Waals surface area (Å²) >= 11 is 0. The first-order valence-corrected chi connectivity index (χ1v) is 10.7. The van der Waals surface area contributed by atoms with Gasteiger partial charge in [-0.3, -0.25) is 14.6 Å². The molecule has 8 heteroatoms. The number of aryl methyl sites for hydroxylation is 1. The molecule has 3 aromatic rings. The number of Topliss-reactive ketones (excluding diaryl/α,β-unsaturated/α-hetero) is 1. The van der Waals surface area contributed by atoms with Gasteiger partial charge in [0.05, 0.1) is 17.8 Å². The Morgan fingerprint density at radius 2 is 2.06 bits per heavy atom. The molecule has 1 amide bonds. The van der Waals surface area contributed by atoms with Crippen LogP contribution in [0.15, 0.2) is 64.8 Å². The number of aliphatic hydroxyl groups is 1. The Hall–Kier alpha value is -4.07. The van der Waals surface area contributed by atoms with E-state index in [2.05, 4.69) is 4.98 Å². The summed E-state index contributed by atoms with van der Waals surface area (Å²) in [6.07, 6.45) is 3.28. The third kappa shape index (κ3) is 3.63. The van der Waals surface area contributed by atoms with Gasteiger partial charge in [-0.1, -0.05) is 6.07 Å². The van der Waals surface area contributed by atoms with Gasteiger partial charge in [0.15, 0.2) is 0 Å². The Morgan fingerprint density at radius 1 is 1.21 bits per heavy atom. The van der Waals surface area contributed by atoms with E-state index in [1.165, 1.54) is 4.90 Å². The number of amides is 1. The van der Waals surface area contributed by atoms with Crippen LogP contribution >= 0.6 is 0 Å². The molecule has 0 aliphatic carbocycles. The number of fused-ring (bicyclic) bond motifs is 1. The van der Waals surface area contributed by atoms with Crippen molar-refractivity contribution >= 4 is 23.1 Å². The first-order valence-electron chi connectivity index (χ1n) is 10.7. The summed E-state index contributed by atoms with van der Waals surface area (Å²) in [5.41, 5.74) is 2.00. The number of rotatable bonds is 4. The van der Waals surface area contributed by atoms with Gasteiger partial charge in [0, 0.05) is 31.5 Å². The molecule has 2 aliphatic heterocycles. The molecule has 1 aromatic carbocycles. The normalized spacial score (nSPS) is 19.5. The van der Waals surface area contributed by atoms with Crippen LogP contribution in [0.1, 0.15) is 28.7 Å². The number of anilines is 1. The highest BCUT2D eigenvalue weighted by molar-refractivity contribution is 6.46. The molecule has 4 heterocycles. The molecule has 2 aromatic heterocycles. The van der Waals surface area contributed by atoms with Crippen LogP contribution in [0.4, 0.5) is 5.69 Å². The number of aliphatic hydroxyl groups excluding tert-OH is 1. The zero-order valence-electron chi connectivity index (χ0n) is 18.3. The maximum Gasteiger partial charge on any atom is 0.296 e. The third-order valence-corrected chi connectivity index (χ3v) is 5.97. The van der Waals surface area contributed by atoms with Crippen LogP contribution in [0.25, 0.3) is 5.76 Å². The van der Waals surface area contributed by atoms with Crippen molar-refractivity contribution in [3.63, 3.8) is 0 Å². The van der Waals surface area contributed by atoms with E-state index in [1.807, 2.05) is 18.0 Å². The largest absolute Gasteiger partial charge is 0.507 e. The van der Waals surface area contributed by atoms with Gasteiger partial charge in [0.25, 0.3) is 11.7 Å². The second kappa shape index (κ2) is 8.12. The molecule has 0 radical (unpaired) electrons. The lowest BCUT2D eigenvalue weighted by atomic mass is 9.98. The summed E-state index contributed by atoms with van der Waals surface area (Å²) in [6.45, 7) is 3.22. The van der Waals surface area contributed by atoms with Crippen LogP contribution in [0.3, 0.4) is 0 Å². The fourth-order valence-electron chi connectivity index (χ4n) is 4.28. The predicted octanol–water partition coefficient (Wildman–Crippen LogP) is 3.43. The van der Waals surface area contributed by atoms with Crippen LogP contribution in [-0.2, 0) is 16.1 Å². The molecule has 1 saturated heterocycles. The van der Waals surface area contributed by atoms with Crippen molar-refractivity contribution in [2.24, 2.45) is 0 Å². The SMILES string of the molecule is Cc1ccc(C2/C(=C(/O)c3ccc4c(c3)N(C)CCO4)C(=O)C(=O)N2Cc2cccnc2)o1. The molecule has 1 N–H and O–H groups in total. The monoisotopic (exact) mass is 445 g/mol. The second-order valence-electron chi connectivity index (χ2n) is 8.19. The molecule has 0 bridgehead atoms. The highest BCUT2D eigenvalue weighted by atomic mass is 16.5. The van der Waals surface area contributed by atoms with Gasteiger partial charge >= 0.3 is 0 Å². The topological polar surface area (TPSA) is 96.1 Å². The van der Waals surface area contributed by atoms with Gasteiger partial charge in [0.1, 0.15) is 35.7 Å². The average Bonchev–Trinajstić information content (AvgIpc) is 3.35. The van der Waals surface area contributed by atoms with Crippen molar-refractivity contribution in [3.05, 3.63) is 83.1 Å². The first kappa shape index (κ1) is 20.8. The Balaban J connectivity index is 1.63. The summed E-state index contributed by atoms with van der Waals surface area (Å²) < 4.78 is 11.5. The van der Waals surface area contributed by atoms with Gasteiger partial charge in [0.2, 0.25) is 0 Å². The smallest absolute Gasteiger partial charge is 0.296 e. The number of benzene rings is 1. The van der Waals surface area contributed by atoms with E-state index >= 15 is 0 Å². The summed E-state index contributed by atoms with van der Waals surface area (Å²) in [4.78, 5) is 33.8. The van der Waals surface area contributed by atoms with Crippen molar-refractivity contribution < 1.29 is 23.8 Å². The minimum atomic E-state index is -0.857. The van der Waals surface area contributed by atoms with E-state index in [1.54, 1.807) is 55.7 Å². The molecule has 168 valence electrons. The molecule has 0 saturated carbocycles. The van der Waals surface area contributed by atoms with Gasteiger partial charge in [-0.25, -0.2) is 0 Å². The lowest BCUT2D eigenvalue weighted by Gasteiger charge is -2.28.